The molecule has 1 rings (SSSR count). The van der Waals surface area contributed by atoms with E-state index in [9.17, 15) is 0 Å². The summed E-state index contributed by atoms with van der Waals surface area (Å²) in [7, 11) is 2.07. The van der Waals surface area contributed by atoms with E-state index < -0.39 is 0 Å². The molecule has 1 aliphatic heterocycles. The average molecular weight is 123 g/mol. The molecule has 0 bridgehead atoms. The van der Waals surface area contributed by atoms with Crippen LogP contribution in [0.15, 0.2) is 23.9 Å². The number of rotatable bonds is 1. The Bertz CT molecular complexity index is 156. The van der Waals surface area contributed by atoms with E-state index in [0.29, 0.717) is 0 Å². The first-order chi connectivity index (χ1) is 4.24. The highest BCUT2D eigenvalue weighted by molar-refractivity contribution is 5.27. The maximum atomic E-state index is 3.88. The van der Waals surface area contributed by atoms with Gasteiger partial charge in [0.1, 0.15) is 0 Å². The van der Waals surface area contributed by atoms with Crippen molar-refractivity contribution in [2.45, 2.75) is 13.3 Å². The van der Waals surface area contributed by atoms with Crippen molar-refractivity contribution in [1.82, 2.24) is 4.90 Å². The molecule has 0 aromatic rings. The molecule has 1 aliphatic rings. The van der Waals surface area contributed by atoms with E-state index in [1.54, 1.807) is 0 Å². The molecule has 0 spiro atoms. The molecule has 1 heterocycles. The summed E-state index contributed by atoms with van der Waals surface area (Å²) in [4.78, 5) is 2.17. The Morgan fingerprint density at radius 3 is 2.67 bits per heavy atom. The van der Waals surface area contributed by atoms with Crippen molar-refractivity contribution in [3.8, 4) is 0 Å². The molecule has 0 saturated heterocycles. The molecular weight excluding hydrogens is 110 g/mol. The summed E-state index contributed by atoms with van der Waals surface area (Å²) >= 11 is 0. The zero-order valence-electron chi connectivity index (χ0n) is 6.15. The maximum Gasteiger partial charge on any atom is 0.0389 e. The Hall–Kier alpha value is -0.720. The molecule has 0 unspecified atom stereocenters. The highest BCUT2D eigenvalue weighted by Gasteiger charge is 2.09. The predicted octanol–water partition coefficient (Wildman–Crippen LogP) is 1.78. The Morgan fingerprint density at radius 1 is 1.78 bits per heavy atom. The van der Waals surface area contributed by atoms with E-state index in [1.807, 2.05) is 0 Å². The molecule has 9 heavy (non-hydrogen) atoms. The molecule has 0 amide bonds. The van der Waals surface area contributed by atoms with Crippen molar-refractivity contribution >= 4 is 0 Å². The van der Waals surface area contributed by atoms with E-state index in [4.69, 9.17) is 0 Å². The lowest BCUT2D eigenvalue weighted by atomic mass is 10.2. The van der Waals surface area contributed by atoms with Gasteiger partial charge in [0.2, 0.25) is 0 Å². The van der Waals surface area contributed by atoms with Crippen LogP contribution in [0, 0.1) is 0 Å². The normalized spacial score (nSPS) is 18.7. The van der Waals surface area contributed by atoms with E-state index in [1.165, 1.54) is 5.57 Å². The molecule has 0 fully saturated rings. The molecule has 0 N–H and O–H groups in total. The fraction of sp³-hybridized carbons (Fsp3) is 0.500. The Balaban J connectivity index is 2.62. The Labute approximate surface area is 56.7 Å². The minimum absolute atomic E-state index is 1.08. The Kier molecular flexibility index (Phi) is 1.60. The number of nitrogens with zero attached hydrogens (tertiary/aromatic N) is 1. The van der Waals surface area contributed by atoms with Gasteiger partial charge in [0.15, 0.2) is 0 Å². The summed E-state index contributed by atoms with van der Waals surface area (Å²) in [6, 6.07) is 0. The summed E-state index contributed by atoms with van der Waals surface area (Å²) in [6.45, 7) is 7.14. The fourth-order valence-electron chi connectivity index (χ4n) is 1.01. The van der Waals surface area contributed by atoms with Gasteiger partial charge < -0.3 is 4.90 Å². The van der Waals surface area contributed by atoms with Crippen LogP contribution in [0.25, 0.3) is 0 Å². The van der Waals surface area contributed by atoms with Gasteiger partial charge in [-0.25, -0.2) is 0 Å². The second-order valence-corrected chi connectivity index (χ2v) is 2.50. The summed E-state index contributed by atoms with van der Waals surface area (Å²) in [5, 5.41) is 0. The summed E-state index contributed by atoms with van der Waals surface area (Å²) < 4.78 is 0. The molecule has 0 atom stereocenters. The third kappa shape index (κ3) is 1.15. The fourth-order valence-corrected chi connectivity index (χ4v) is 1.01. The molecule has 50 valence electrons. The third-order valence-corrected chi connectivity index (χ3v) is 1.76. The monoisotopic (exact) mass is 123 g/mol. The molecular formula is C8H13N. The van der Waals surface area contributed by atoms with Crippen molar-refractivity contribution in [2.24, 2.45) is 0 Å². The molecule has 0 radical (unpaired) electrons. The SMILES string of the molecule is C=C1C=C(CC)CN1C. The zero-order valence-corrected chi connectivity index (χ0v) is 6.15. The van der Waals surface area contributed by atoms with Crippen LogP contribution >= 0.6 is 0 Å². The molecule has 0 aliphatic carbocycles. The van der Waals surface area contributed by atoms with Crippen LogP contribution in [0.1, 0.15) is 13.3 Å². The van der Waals surface area contributed by atoms with Gasteiger partial charge in [0.05, 0.1) is 0 Å². The summed E-state index contributed by atoms with van der Waals surface area (Å²) in [6.07, 6.45) is 3.32. The zero-order chi connectivity index (χ0) is 6.85. The van der Waals surface area contributed by atoms with E-state index >= 15 is 0 Å². The van der Waals surface area contributed by atoms with Gasteiger partial charge in [-0.2, -0.15) is 0 Å². The number of hydrogen-bond donors (Lipinski definition) is 0. The van der Waals surface area contributed by atoms with Crippen molar-refractivity contribution in [3.63, 3.8) is 0 Å². The number of likely N-dealkylation sites (N-methyl/N-ethyl adjacent to an activating group) is 1. The molecule has 0 aromatic heterocycles. The molecule has 1 heteroatoms. The van der Waals surface area contributed by atoms with Gasteiger partial charge in [-0.1, -0.05) is 13.5 Å². The first-order valence-electron chi connectivity index (χ1n) is 3.33. The second-order valence-electron chi connectivity index (χ2n) is 2.50. The van der Waals surface area contributed by atoms with E-state index in [0.717, 1.165) is 18.7 Å². The van der Waals surface area contributed by atoms with Crippen molar-refractivity contribution in [2.75, 3.05) is 13.6 Å². The third-order valence-electron chi connectivity index (χ3n) is 1.76. The van der Waals surface area contributed by atoms with Crippen LogP contribution in [0.3, 0.4) is 0 Å². The summed E-state index contributed by atoms with van der Waals surface area (Å²) in [5.41, 5.74) is 2.63. The predicted molar refractivity (Wildman–Crippen MR) is 40.1 cm³/mol. The number of allylic oxidation sites excluding steroid dienone is 1. The number of hydrogen-bond acceptors (Lipinski definition) is 1. The van der Waals surface area contributed by atoms with Crippen molar-refractivity contribution in [1.29, 1.82) is 0 Å². The lowest BCUT2D eigenvalue weighted by Gasteiger charge is -2.10. The van der Waals surface area contributed by atoms with Crippen LogP contribution < -0.4 is 0 Å². The van der Waals surface area contributed by atoms with Gasteiger partial charge in [-0.3, -0.25) is 0 Å². The minimum atomic E-state index is 1.08. The second kappa shape index (κ2) is 2.26. The molecule has 1 nitrogen and oxygen atoms in total. The van der Waals surface area contributed by atoms with Gasteiger partial charge in [-0.05, 0) is 18.1 Å². The molecule has 0 aromatic carbocycles. The highest BCUT2D eigenvalue weighted by atomic mass is 15.1. The minimum Gasteiger partial charge on any atom is -0.371 e. The van der Waals surface area contributed by atoms with Crippen LogP contribution in [0.2, 0.25) is 0 Å². The van der Waals surface area contributed by atoms with Crippen LogP contribution in [-0.4, -0.2) is 18.5 Å². The van der Waals surface area contributed by atoms with Gasteiger partial charge in [0.25, 0.3) is 0 Å². The lowest BCUT2D eigenvalue weighted by molar-refractivity contribution is 0.490. The standard InChI is InChI=1S/C8H13N/c1-4-8-5-7(2)9(3)6-8/h5H,2,4,6H2,1,3H3. The maximum absolute atomic E-state index is 3.88. The van der Waals surface area contributed by atoms with Crippen molar-refractivity contribution < 1.29 is 0 Å². The molecule has 0 saturated carbocycles. The van der Waals surface area contributed by atoms with Gasteiger partial charge in [0, 0.05) is 19.3 Å². The smallest absolute Gasteiger partial charge is 0.0389 e. The topological polar surface area (TPSA) is 3.24 Å². The van der Waals surface area contributed by atoms with Crippen molar-refractivity contribution in [3.05, 3.63) is 23.9 Å². The largest absolute Gasteiger partial charge is 0.371 e. The quantitative estimate of drug-likeness (QED) is 0.513. The van der Waals surface area contributed by atoms with E-state index in [2.05, 4.69) is 31.5 Å². The van der Waals surface area contributed by atoms with Crippen LogP contribution in [-0.2, 0) is 0 Å². The van der Waals surface area contributed by atoms with Gasteiger partial charge >= 0.3 is 0 Å². The van der Waals surface area contributed by atoms with Gasteiger partial charge in [-0.15, -0.1) is 0 Å². The van der Waals surface area contributed by atoms with Crippen LogP contribution in [0.4, 0.5) is 0 Å². The first kappa shape index (κ1) is 6.40. The Morgan fingerprint density at radius 2 is 2.44 bits per heavy atom. The summed E-state index contributed by atoms with van der Waals surface area (Å²) in [5.74, 6) is 0. The highest BCUT2D eigenvalue weighted by Crippen LogP contribution is 2.17. The first-order valence-corrected chi connectivity index (χ1v) is 3.33. The van der Waals surface area contributed by atoms with Crippen LogP contribution in [0.5, 0.6) is 0 Å². The lowest BCUT2D eigenvalue weighted by Crippen LogP contribution is -2.11. The average Bonchev–Trinajstić information content (AvgIpc) is 2.13. The van der Waals surface area contributed by atoms with E-state index in [-0.39, 0.29) is 0 Å².